The number of aldehydes is 1. The zero-order chi connectivity index (χ0) is 28.2. The molecule has 0 N–H and O–H groups in total. The number of carbonyl (C=O) groups excluding carboxylic acids is 1. The van der Waals surface area contributed by atoms with Crippen molar-refractivity contribution < 1.29 is 23.7 Å². The molecular weight excluding hydrogens is 488 g/mol. The summed E-state index contributed by atoms with van der Waals surface area (Å²) in [6.45, 7) is 10.1. The Balaban J connectivity index is 0.00000134. The second kappa shape index (κ2) is 15.1. The first-order chi connectivity index (χ1) is 18.9. The van der Waals surface area contributed by atoms with E-state index >= 15 is 0 Å². The van der Waals surface area contributed by atoms with Crippen LogP contribution < -0.4 is 14.2 Å². The Hall–Kier alpha value is -3.57. The third-order valence-corrected chi connectivity index (χ3v) is 6.70. The van der Waals surface area contributed by atoms with Crippen LogP contribution in [-0.4, -0.2) is 33.7 Å². The fraction of sp³-hybridized carbons (Fsp3) is 0.382. The second-order valence-electron chi connectivity index (χ2n) is 10.1. The number of unbranched alkanes of at least 4 members (excludes halogenated alkanes) is 1. The largest absolute Gasteiger partial charge is 0.493 e. The highest BCUT2D eigenvalue weighted by Crippen LogP contribution is 2.41. The molecule has 5 nitrogen and oxygen atoms in total. The minimum atomic E-state index is 0.0790. The number of allylic oxidation sites excluding steroid dienone is 1. The fourth-order valence-corrected chi connectivity index (χ4v) is 4.59. The number of fused-ring (bicyclic) bond motifs is 1. The monoisotopic (exact) mass is 530 g/mol. The van der Waals surface area contributed by atoms with Crippen molar-refractivity contribution in [3.63, 3.8) is 0 Å². The van der Waals surface area contributed by atoms with Gasteiger partial charge < -0.3 is 23.7 Å². The first-order valence-electron chi connectivity index (χ1n) is 13.6. The Labute approximate surface area is 233 Å². The molecule has 3 aromatic rings. The van der Waals surface area contributed by atoms with Crippen molar-refractivity contribution in [2.24, 2.45) is 0 Å². The number of aryl methyl sites for hydroxylation is 1. The van der Waals surface area contributed by atoms with Crippen LogP contribution in [0.5, 0.6) is 17.2 Å². The van der Waals surface area contributed by atoms with Crippen LogP contribution in [-0.2, 0) is 16.1 Å². The van der Waals surface area contributed by atoms with Crippen LogP contribution in [0.3, 0.4) is 0 Å². The predicted molar refractivity (Wildman–Crippen MR) is 158 cm³/mol. The molecule has 1 atom stereocenters. The summed E-state index contributed by atoms with van der Waals surface area (Å²) in [6.07, 6.45) is 3.62. The van der Waals surface area contributed by atoms with Gasteiger partial charge in [-0.25, -0.2) is 0 Å². The SMILES string of the molecule is CCCCOc1ccc(C)cc1-c1ccc(COc2ccc3c(c2)OCC(=C(C)C)C3CC=O)cc1.COC. The van der Waals surface area contributed by atoms with Crippen molar-refractivity contribution in [2.75, 3.05) is 27.4 Å². The van der Waals surface area contributed by atoms with Gasteiger partial charge in [0, 0.05) is 43.8 Å². The van der Waals surface area contributed by atoms with Gasteiger partial charge in [0.25, 0.3) is 0 Å². The van der Waals surface area contributed by atoms with Gasteiger partial charge in [0.2, 0.25) is 0 Å². The lowest BCUT2D eigenvalue weighted by Gasteiger charge is -2.29. The van der Waals surface area contributed by atoms with Gasteiger partial charge in [-0.3, -0.25) is 0 Å². The molecule has 0 fully saturated rings. The molecule has 0 spiro atoms. The van der Waals surface area contributed by atoms with Gasteiger partial charge in [0.05, 0.1) is 6.61 Å². The number of methoxy groups -OCH3 is 1. The normalized spacial score (nSPS) is 13.9. The topological polar surface area (TPSA) is 54.0 Å². The van der Waals surface area contributed by atoms with Crippen LogP contribution in [0.4, 0.5) is 0 Å². The summed E-state index contributed by atoms with van der Waals surface area (Å²) in [5.41, 5.74) is 8.00. The Morgan fingerprint density at radius 2 is 1.74 bits per heavy atom. The summed E-state index contributed by atoms with van der Waals surface area (Å²) >= 11 is 0. The maximum atomic E-state index is 11.3. The number of hydrogen-bond acceptors (Lipinski definition) is 5. The zero-order valence-corrected chi connectivity index (χ0v) is 24.2. The smallest absolute Gasteiger partial charge is 0.127 e. The molecule has 0 amide bonds. The summed E-state index contributed by atoms with van der Waals surface area (Å²) in [5, 5.41) is 0. The lowest BCUT2D eigenvalue weighted by Crippen LogP contribution is -2.19. The maximum Gasteiger partial charge on any atom is 0.127 e. The minimum Gasteiger partial charge on any atom is -0.493 e. The van der Waals surface area contributed by atoms with Gasteiger partial charge in [-0.2, -0.15) is 0 Å². The van der Waals surface area contributed by atoms with Crippen LogP contribution >= 0.6 is 0 Å². The van der Waals surface area contributed by atoms with E-state index in [1.807, 2.05) is 18.2 Å². The Morgan fingerprint density at radius 1 is 1.00 bits per heavy atom. The molecular formula is C34H42O5. The summed E-state index contributed by atoms with van der Waals surface area (Å²) in [5.74, 6) is 2.56. The highest BCUT2D eigenvalue weighted by atomic mass is 16.5. The second-order valence-corrected chi connectivity index (χ2v) is 10.1. The summed E-state index contributed by atoms with van der Waals surface area (Å²) in [7, 11) is 3.25. The predicted octanol–water partition coefficient (Wildman–Crippen LogP) is 8.08. The molecule has 0 saturated heterocycles. The van der Waals surface area contributed by atoms with E-state index in [1.54, 1.807) is 14.2 Å². The van der Waals surface area contributed by atoms with E-state index in [-0.39, 0.29) is 5.92 Å². The van der Waals surface area contributed by atoms with Crippen molar-refractivity contribution in [1.29, 1.82) is 0 Å². The molecule has 0 aliphatic carbocycles. The lowest BCUT2D eigenvalue weighted by atomic mass is 9.84. The van der Waals surface area contributed by atoms with Gasteiger partial charge in [-0.05, 0) is 62.1 Å². The average molecular weight is 531 g/mol. The van der Waals surface area contributed by atoms with E-state index in [0.717, 1.165) is 65.2 Å². The molecule has 1 unspecified atom stereocenters. The minimum absolute atomic E-state index is 0.0790. The molecule has 3 aromatic carbocycles. The Kier molecular flexibility index (Phi) is 11.6. The van der Waals surface area contributed by atoms with Gasteiger partial charge >= 0.3 is 0 Å². The van der Waals surface area contributed by atoms with Crippen LogP contribution in [0, 0.1) is 6.92 Å². The molecule has 39 heavy (non-hydrogen) atoms. The Morgan fingerprint density at radius 3 is 2.41 bits per heavy atom. The molecule has 208 valence electrons. The third-order valence-electron chi connectivity index (χ3n) is 6.70. The van der Waals surface area contributed by atoms with E-state index in [2.05, 4.69) is 74.9 Å². The third kappa shape index (κ3) is 8.21. The van der Waals surface area contributed by atoms with Crippen molar-refractivity contribution >= 4 is 6.29 Å². The van der Waals surface area contributed by atoms with Gasteiger partial charge in [0.1, 0.15) is 36.7 Å². The number of ether oxygens (including phenoxy) is 4. The first kappa shape index (κ1) is 30.0. The van der Waals surface area contributed by atoms with Crippen molar-refractivity contribution in [2.45, 2.75) is 59.5 Å². The molecule has 1 aliphatic heterocycles. The highest BCUT2D eigenvalue weighted by Gasteiger charge is 2.26. The van der Waals surface area contributed by atoms with Crippen LogP contribution in [0.15, 0.2) is 71.8 Å². The van der Waals surface area contributed by atoms with E-state index in [9.17, 15) is 4.79 Å². The van der Waals surface area contributed by atoms with E-state index in [4.69, 9.17) is 14.2 Å². The van der Waals surface area contributed by atoms with Gasteiger partial charge in [0.15, 0.2) is 0 Å². The summed E-state index contributed by atoms with van der Waals surface area (Å²) in [6, 6.07) is 20.7. The number of carbonyl (C=O) groups is 1. The lowest BCUT2D eigenvalue weighted by molar-refractivity contribution is -0.108. The van der Waals surface area contributed by atoms with E-state index < -0.39 is 0 Å². The number of rotatable bonds is 10. The van der Waals surface area contributed by atoms with Crippen molar-refractivity contribution in [3.8, 4) is 28.4 Å². The van der Waals surface area contributed by atoms with Crippen LogP contribution in [0.2, 0.25) is 0 Å². The van der Waals surface area contributed by atoms with E-state index in [1.165, 1.54) is 16.7 Å². The van der Waals surface area contributed by atoms with Crippen LogP contribution in [0.1, 0.15) is 62.6 Å². The highest BCUT2D eigenvalue weighted by molar-refractivity contribution is 5.71. The average Bonchev–Trinajstić information content (AvgIpc) is 2.93. The Bertz CT molecular complexity index is 1240. The van der Waals surface area contributed by atoms with Crippen molar-refractivity contribution in [3.05, 3.63) is 88.5 Å². The molecule has 0 aromatic heterocycles. The number of hydrogen-bond donors (Lipinski definition) is 0. The molecule has 1 heterocycles. The van der Waals surface area contributed by atoms with Crippen molar-refractivity contribution in [1.82, 2.24) is 0 Å². The number of benzene rings is 3. The van der Waals surface area contributed by atoms with Gasteiger partial charge in [-0.15, -0.1) is 0 Å². The standard InChI is InChI=1S/C32H36O4.C2H6O/c1-5-6-17-34-31-14-7-23(4)18-29(31)25-10-8-24(9-11-25)20-35-26-12-13-28-27(15-16-33)30(22(2)3)21-36-32(28)19-26;1-3-2/h7-14,16,18-19,27H,5-6,15,17,20-21H2,1-4H3;1-2H3. The summed E-state index contributed by atoms with van der Waals surface area (Å²) < 4.78 is 22.4. The quantitative estimate of drug-likeness (QED) is 0.151. The molecule has 0 saturated carbocycles. The first-order valence-corrected chi connectivity index (χ1v) is 13.6. The molecule has 1 aliphatic rings. The molecule has 4 rings (SSSR count). The fourth-order valence-electron chi connectivity index (χ4n) is 4.59. The van der Waals surface area contributed by atoms with Crippen LogP contribution in [0.25, 0.3) is 11.1 Å². The molecule has 5 heteroatoms. The summed E-state index contributed by atoms with van der Waals surface area (Å²) in [4.78, 5) is 11.3. The maximum absolute atomic E-state index is 11.3. The zero-order valence-electron chi connectivity index (χ0n) is 24.2. The molecule has 0 bridgehead atoms. The molecule has 0 radical (unpaired) electrons. The van der Waals surface area contributed by atoms with E-state index in [0.29, 0.717) is 19.6 Å². The van der Waals surface area contributed by atoms with Gasteiger partial charge in [-0.1, -0.05) is 60.9 Å².